The Kier molecular flexibility index (Phi) is 10.2. The van der Waals surface area contributed by atoms with Gasteiger partial charge in [0.25, 0.3) is 0 Å². The van der Waals surface area contributed by atoms with Crippen molar-refractivity contribution in [2.45, 2.75) is 13.3 Å². The first kappa shape index (κ1) is 37.4. The topological polar surface area (TPSA) is 74.3 Å². The van der Waals surface area contributed by atoms with E-state index < -0.39 is 0 Å². The van der Waals surface area contributed by atoms with Crippen molar-refractivity contribution in [2.75, 3.05) is 12.4 Å². The maximum absolute atomic E-state index is 11.2. The van der Waals surface area contributed by atoms with Crippen LogP contribution >= 0.6 is 0 Å². The summed E-state index contributed by atoms with van der Waals surface area (Å²) in [5, 5.41) is 15.7. The molecule has 1 aliphatic rings. The van der Waals surface area contributed by atoms with Crippen LogP contribution in [0.5, 0.6) is 5.75 Å². The number of phenolic OH excluding ortho intramolecular Hbond substituents is 1. The van der Waals surface area contributed by atoms with Gasteiger partial charge >= 0.3 is 0 Å². The Morgan fingerprint density at radius 3 is 2.12 bits per heavy atom. The highest BCUT2D eigenvalue weighted by atomic mass is 16.3. The molecule has 0 fully saturated rings. The third-order valence-corrected chi connectivity index (χ3v) is 10.5. The quantitative estimate of drug-likeness (QED) is 0.115. The summed E-state index contributed by atoms with van der Waals surface area (Å²) in [6.07, 6.45) is 5.29. The van der Waals surface area contributed by atoms with E-state index in [0.29, 0.717) is 28.7 Å². The standard InChI is InChI=1S/C47H35B4N5O/c1-27-21-22-33-37(25-27)56(31-18-12-17-30(26-31)38-41(48)42(49)43(50)44(51)45(38)57)36-24-23-35(52-2)39(40(33)36)32-19-10-11-20-34(32)54-47(29-15-8-5-9-16-29)55-46(53-3)28-13-6-4-7-14-28/h4-24,26-27,52,57H,3,25H2,1-2H3. The second kappa shape index (κ2) is 15.5. The third kappa shape index (κ3) is 6.75. The molecule has 8 radical (unpaired) electrons. The van der Waals surface area contributed by atoms with Gasteiger partial charge in [-0.25, -0.2) is 15.0 Å². The second-order valence-corrected chi connectivity index (χ2v) is 14.1. The van der Waals surface area contributed by atoms with E-state index in [0.717, 1.165) is 67.9 Å². The molecule has 6 nitrogen and oxygen atoms in total. The van der Waals surface area contributed by atoms with Crippen LogP contribution < -0.4 is 27.2 Å². The lowest BCUT2D eigenvalue weighted by molar-refractivity contribution is 0.482. The van der Waals surface area contributed by atoms with Gasteiger partial charge in [-0.3, -0.25) is 0 Å². The van der Waals surface area contributed by atoms with E-state index in [1.807, 2.05) is 104 Å². The van der Waals surface area contributed by atoms with Crippen LogP contribution in [0.4, 0.5) is 11.4 Å². The van der Waals surface area contributed by atoms with Gasteiger partial charge in [0.1, 0.15) is 37.1 Å². The number of rotatable bonds is 7. The summed E-state index contributed by atoms with van der Waals surface area (Å²) >= 11 is 0. The molecule has 0 saturated carbocycles. The number of benzene rings is 6. The minimum absolute atomic E-state index is 0.00595. The van der Waals surface area contributed by atoms with Gasteiger partial charge in [0.2, 0.25) is 0 Å². The molecule has 1 heterocycles. The molecule has 0 spiro atoms. The maximum atomic E-state index is 11.2. The number of phenols is 1. The number of hydrogen-bond donors (Lipinski definition) is 2. The number of aromatic nitrogens is 1. The number of fused-ring (bicyclic) bond motifs is 3. The molecule has 7 aromatic rings. The molecule has 266 valence electrons. The van der Waals surface area contributed by atoms with Crippen molar-refractivity contribution in [1.82, 2.24) is 4.57 Å². The van der Waals surface area contributed by atoms with Gasteiger partial charge in [0, 0.05) is 62.9 Å². The van der Waals surface area contributed by atoms with Crippen LogP contribution in [0.3, 0.4) is 0 Å². The first-order valence-corrected chi connectivity index (χ1v) is 18.7. The van der Waals surface area contributed by atoms with Crippen LogP contribution in [0, 0.1) is 5.92 Å². The normalized spacial score (nSPS) is 14.1. The second-order valence-electron chi connectivity index (χ2n) is 14.1. The first-order chi connectivity index (χ1) is 27.7. The van der Waals surface area contributed by atoms with Crippen LogP contribution in [0.25, 0.3) is 44.9 Å². The number of anilines is 1. The maximum Gasteiger partial charge on any atom is 0.162 e. The lowest BCUT2D eigenvalue weighted by Gasteiger charge is -2.21. The van der Waals surface area contributed by atoms with Gasteiger partial charge in [-0.2, -0.15) is 0 Å². The molecule has 0 bridgehead atoms. The fraction of sp³-hybridized carbons (Fsp3) is 0.0851. The van der Waals surface area contributed by atoms with Crippen molar-refractivity contribution in [3.63, 3.8) is 0 Å². The fourth-order valence-corrected chi connectivity index (χ4v) is 7.68. The Bertz CT molecular complexity index is 2760. The number of aliphatic imine (C=N–C) groups is 3. The Hall–Kier alpha value is -6.53. The Morgan fingerprint density at radius 2 is 1.42 bits per heavy atom. The number of amidine groups is 2. The largest absolute Gasteiger partial charge is 0.508 e. The molecular formula is C47H35B4N5O. The zero-order valence-electron chi connectivity index (χ0n) is 31.7. The minimum Gasteiger partial charge on any atom is -0.508 e. The lowest BCUT2D eigenvalue weighted by atomic mass is 9.64. The number of para-hydroxylation sites is 1. The minimum atomic E-state index is -0.204. The zero-order chi connectivity index (χ0) is 39.8. The summed E-state index contributed by atoms with van der Waals surface area (Å²) < 4.78 is 2.29. The fourth-order valence-electron chi connectivity index (χ4n) is 7.68. The van der Waals surface area contributed by atoms with E-state index in [2.05, 4.69) is 64.9 Å². The Balaban J connectivity index is 1.38. The number of nitrogens with zero attached hydrogens (tertiary/aromatic N) is 4. The van der Waals surface area contributed by atoms with Gasteiger partial charge in [-0.15, -0.1) is 10.9 Å². The monoisotopic (exact) mass is 729 g/mol. The van der Waals surface area contributed by atoms with E-state index in [1.165, 1.54) is 0 Å². The number of allylic oxidation sites excluding steroid dienone is 1. The summed E-state index contributed by atoms with van der Waals surface area (Å²) in [5.74, 6) is 1.07. The van der Waals surface area contributed by atoms with Gasteiger partial charge < -0.3 is 15.0 Å². The number of aromatic hydroxyl groups is 1. The molecule has 1 atom stereocenters. The molecule has 1 aromatic heterocycles. The summed E-state index contributed by atoms with van der Waals surface area (Å²) in [4.78, 5) is 14.6. The molecule has 0 amide bonds. The highest BCUT2D eigenvalue weighted by molar-refractivity contribution is 6.64. The summed E-state index contributed by atoms with van der Waals surface area (Å²) in [6.45, 7) is 6.06. The predicted molar refractivity (Wildman–Crippen MR) is 244 cm³/mol. The van der Waals surface area contributed by atoms with Crippen molar-refractivity contribution < 1.29 is 5.11 Å². The van der Waals surface area contributed by atoms with E-state index in [4.69, 9.17) is 41.4 Å². The molecule has 2 N–H and O–H groups in total. The summed E-state index contributed by atoms with van der Waals surface area (Å²) in [6, 6.07) is 39.9. The summed E-state index contributed by atoms with van der Waals surface area (Å²) in [7, 11) is 26.9. The van der Waals surface area contributed by atoms with Gasteiger partial charge in [0.15, 0.2) is 11.7 Å². The molecule has 0 saturated heterocycles. The molecular weight excluding hydrogens is 694 g/mol. The average Bonchev–Trinajstić information content (AvgIpc) is 3.57. The van der Waals surface area contributed by atoms with Crippen molar-refractivity contribution in [2.24, 2.45) is 20.9 Å². The zero-order valence-corrected chi connectivity index (χ0v) is 31.7. The van der Waals surface area contributed by atoms with Crippen LogP contribution in [0.2, 0.25) is 0 Å². The van der Waals surface area contributed by atoms with E-state index >= 15 is 0 Å². The highest BCUT2D eigenvalue weighted by Gasteiger charge is 2.26. The molecule has 1 aliphatic carbocycles. The smallest absolute Gasteiger partial charge is 0.162 e. The molecule has 8 rings (SSSR count). The molecule has 6 aromatic carbocycles. The predicted octanol–water partition coefficient (Wildman–Crippen LogP) is 6.32. The van der Waals surface area contributed by atoms with Gasteiger partial charge in [0.05, 0.1) is 11.2 Å². The Labute approximate surface area is 338 Å². The van der Waals surface area contributed by atoms with Crippen molar-refractivity contribution in [3.05, 3.63) is 150 Å². The highest BCUT2D eigenvalue weighted by Crippen LogP contribution is 2.46. The van der Waals surface area contributed by atoms with Crippen molar-refractivity contribution in [3.8, 4) is 33.7 Å². The van der Waals surface area contributed by atoms with Gasteiger partial charge in [-0.05, 0) is 55.0 Å². The third-order valence-electron chi connectivity index (χ3n) is 10.5. The molecule has 57 heavy (non-hydrogen) atoms. The van der Waals surface area contributed by atoms with E-state index in [1.54, 1.807) is 0 Å². The van der Waals surface area contributed by atoms with Crippen LogP contribution in [0.1, 0.15) is 29.3 Å². The molecule has 1 unspecified atom stereocenters. The van der Waals surface area contributed by atoms with Crippen LogP contribution in [0.15, 0.2) is 142 Å². The molecule has 0 aliphatic heterocycles. The summed E-state index contributed by atoms with van der Waals surface area (Å²) in [5.41, 5.74) is 10.8. The average molecular weight is 729 g/mol. The van der Waals surface area contributed by atoms with Gasteiger partial charge in [-0.1, -0.05) is 121 Å². The number of nitrogens with one attached hydrogen (secondary N) is 1. The number of hydrogen-bond acceptors (Lipinski definition) is 3. The van der Waals surface area contributed by atoms with Crippen LogP contribution in [-0.4, -0.2) is 66.5 Å². The first-order valence-electron chi connectivity index (χ1n) is 18.7. The van der Waals surface area contributed by atoms with Crippen molar-refractivity contribution >= 4 is 100.0 Å². The van der Waals surface area contributed by atoms with Crippen molar-refractivity contribution in [1.29, 1.82) is 0 Å². The Morgan fingerprint density at radius 1 is 0.754 bits per heavy atom. The molecule has 10 heteroatoms. The van der Waals surface area contributed by atoms with E-state index in [-0.39, 0.29) is 27.6 Å². The SMILES string of the molecule is [B]c1c([B])c([B])c(-c2cccc(-n3c4c(c5c(-c6ccccc6N=C(N=C(N=C)c6ccccc6)c6ccccc6)c(NC)ccc53)C=CC(C)C4)c2)c(O)c1[B]. The van der Waals surface area contributed by atoms with Crippen LogP contribution in [-0.2, 0) is 6.42 Å². The lowest BCUT2D eigenvalue weighted by Crippen LogP contribution is -2.48. The van der Waals surface area contributed by atoms with E-state index in [9.17, 15) is 5.11 Å².